The maximum absolute atomic E-state index is 13.6. The summed E-state index contributed by atoms with van der Waals surface area (Å²) in [5, 5.41) is 12.3. The number of carboxylic acid groups (broad SMARTS) is 1. The lowest BCUT2D eigenvalue weighted by Gasteiger charge is -2.33. The molecule has 2 fully saturated rings. The van der Waals surface area contributed by atoms with Crippen LogP contribution in [0.25, 0.3) is 45.1 Å². The van der Waals surface area contributed by atoms with Gasteiger partial charge in [0.1, 0.15) is 29.4 Å². The van der Waals surface area contributed by atoms with Crippen molar-refractivity contribution in [2.24, 2.45) is 11.8 Å². The average molecular weight is 793 g/mol. The minimum atomic E-state index is -1.14. The van der Waals surface area contributed by atoms with Gasteiger partial charge in [-0.2, -0.15) is 0 Å². The number of ether oxygens (including phenoxy) is 1. The number of imidazole rings is 2. The van der Waals surface area contributed by atoms with Crippen LogP contribution in [-0.4, -0.2) is 123 Å². The summed E-state index contributed by atoms with van der Waals surface area (Å²) in [5.74, 6) is 0.963. The van der Waals surface area contributed by atoms with Gasteiger partial charge in [0.2, 0.25) is 11.8 Å². The van der Waals surface area contributed by atoms with Crippen LogP contribution in [0, 0.1) is 11.8 Å². The highest BCUT2D eigenvalue weighted by molar-refractivity contribution is 5.87. The molecular weight excluding hydrogens is 745 g/mol. The molecule has 2 aliphatic rings. The van der Waals surface area contributed by atoms with Gasteiger partial charge in [0, 0.05) is 49.9 Å². The number of carbonyl (C=O) groups is 4. The van der Waals surface area contributed by atoms with E-state index in [-0.39, 0.29) is 35.7 Å². The second-order valence-corrected chi connectivity index (χ2v) is 15.4. The van der Waals surface area contributed by atoms with E-state index in [0.29, 0.717) is 58.5 Å². The van der Waals surface area contributed by atoms with E-state index in [1.165, 1.54) is 14.2 Å². The lowest BCUT2D eigenvalue weighted by Crippen LogP contribution is -2.51. The van der Waals surface area contributed by atoms with Crippen molar-refractivity contribution in [1.29, 1.82) is 0 Å². The Balaban J connectivity index is 1.03. The molecule has 2 saturated heterocycles. The minimum absolute atomic E-state index is 0.133. The van der Waals surface area contributed by atoms with Crippen molar-refractivity contribution in [2.75, 3.05) is 27.2 Å². The van der Waals surface area contributed by atoms with Crippen molar-refractivity contribution < 1.29 is 29.0 Å². The number of alkyl carbamates (subject to hydrolysis) is 1. The highest BCUT2D eigenvalue weighted by atomic mass is 16.5. The Morgan fingerprint density at radius 2 is 1.52 bits per heavy atom. The van der Waals surface area contributed by atoms with Crippen molar-refractivity contribution >= 4 is 35.0 Å². The summed E-state index contributed by atoms with van der Waals surface area (Å²) in [4.78, 5) is 90.0. The fourth-order valence-electron chi connectivity index (χ4n) is 7.88. The van der Waals surface area contributed by atoms with E-state index in [9.17, 15) is 24.3 Å². The van der Waals surface area contributed by atoms with Gasteiger partial charge < -0.3 is 34.9 Å². The van der Waals surface area contributed by atoms with E-state index >= 15 is 0 Å². The van der Waals surface area contributed by atoms with Crippen LogP contribution in [0.3, 0.4) is 0 Å². The summed E-state index contributed by atoms with van der Waals surface area (Å²) in [6, 6.07) is 3.63. The Kier molecular flexibility index (Phi) is 11.4. The Labute approximate surface area is 334 Å². The highest BCUT2D eigenvalue weighted by Crippen LogP contribution is 2.35. The molecule has 4 aromatic heterocycles. The Bertz CT molecular complexity index is 2310. The van der Waals surface area contributed by atoms with Crippen molar-refractivity contribution in [1.82, 2.24) is 59.9 Å². The smallest absolute Gasteiger partial charge is 0.407 e. The van der Waals surface area contributed by atoms with Crippen LogP contribution < -0.4 is 5.32 Å². The molecule has 1 aromatic carbocycles. The second kappa shape index (κ2) is 16.6. The molecule has 0 saturated carbocycles. The number of fused-ring (bicyclic) bond motifs is 1. The number of carbonyl (C=O) groups excluding carboxylic acids is 3. The normalized spacial score (nSPS) is 17.9. The standard InChI is InChI=1S/C40H48N12O6/c1-21(2)32(49-39(55)58-6)37(53)51-13-7-9-30(51)35-45-19-28(48-35)24-16-42-34(43-17-24)29-20-41-26-15-23(11-12-25(26)46-29)27-18-44-36(47-27)31-10-8-14-52(31)38(54)33(22(3)4)50(5)40(56)57/h11-12,15-22,30-33H,7-10,13-14H2,1-6H3,(H,44,47)(H,45,48)(H,49,55)(H,56,57)/t30?,31?,32?,33-/m0/s1. The summed E-state index contributed by atoms with van der Waals surface area (Å²) in [6.07, 6.45) is 9.74. The zero-order valence-electron chi connectivity index (χ0n) is 33.3. The molecule has 2 aliphatic heterocycles. The van der Waals surface area contributed by atoms with Crippen molar-refractivity contribution in [3.8, 4) is 34.0 Å². The summed E-state index contributed by atoms with van der Waals surface area (Å²) >= 11 is 0. The van der Waals surface area contributed by atoms with Crippen molar-refractivity contribution in [2.45, 2.75) is 77.5 Å². The minimum Gasteiger partial charge on any atom is -0.465 e. The van der Waals surface area contributed by atoms with Crippen LogP contribution in [0.15, 0.2) is 49.2 Å². The van der Waals surface area contributed by atoms with Crippen molar-refractivity contribution in [3.63, 3.8) is 0 Å². The number of aromatic nitrogens is 8. The topological polar surface area (TPSA) is 228 Å². The molecule has 4 atom stereocenters. The molecule has 5 aromatic rings. The monoisotopic (exact) mass is 792 g/mol. The van der Waals surface area contributed by atoms with Crippen molar-refractivity contribution in [3.05, 3.63) is 60.8 Å². The van der Waals surface area contributed by atoms with Crippen LogP contribution in [0.5, 0.6) is 0 Å². The van der Waals surface area contributed by atoms with Gasteiger partial charge in [0.05, 0.1) is 54.0 Å². The first-order valence-electron chi connectivity index (χ1n) is 19.5. The van der Waals surface area contributed by atoms with Crippen LogP contribution in [0.4, 0.5) is 9.59 Å². The average Bonchev–Trinajstić information content (AvgIpc) is 4.06. The molecule has 6 heterocycles. The number of hydrogen-bond donors (Lipinski definition) is 4. The first-order chi connectivity index (χ1) is 27.8. The number of nitrogens with zero attached hydrogens (tertiary/aromatic N) is 9. The number of likely N-dealkylation sites (tertiary alicyclic amines) is 2. The molecule has 0 bridgehead atoms. The molecule has 58 heavy (non-hydrogen) atoms. The molecule has 4 N–H and O–H groups in total. The third-order valence-corrected chi connectivity index (χ3v) is 10.9. The van der Waals surface area contributed by atoms with E-state index in [2.05, 4.69) is 35.2 Å². The number of H-pyrrole nitrogens is 2. The lowest BCUT2D eigenvalue weighted by molar-refractivity contribution is -0.138. The van der Waals surface area contributed by atoms with Crippen LogP contribution in [-0.2, 0) is 14.3 Å². The maximum atomic E-state index is 13.6. The Morgan fingerprint density at radius 1 is 0.828 bits per heavy atom. The number of methoxy groups -OCH3 is 1. The highest BCUT2D eigenvalue weighted by Gasteiger charge is 2.40. The third kappa shape index (κ3) is 7.90. The van der Waals surface area contributed by atoms with E-state index in [1.54, 1.807) is 40.8 Å². The fraction of sp³-hybridized carbons (Fsp3) is 0.450. The van der Waals surface area contributed by atoms with Gasteiger partial charge in [0.15, 0.2) is 5.82 Å². The molecule has 18 nitrogen and oxygen atoms in total. The van der Waals surface area contributed by atoms with Gasteiger partial charge in [-0.25, -0.2) is 34.5 Å². The van der Waals surface area contributed by atoms with Gasteiger partial charge in [-0.1, -0.05) is 33.8 Å². The summed E-state index contributed by atoms with van der Waals surface area (Å²) < 4.78 is 4.74. The number of likely N-dealkylation sites (N-methyl/N-ethyl adjacent to an activating group) is 1. The van der Waals surface area contributed by atoms with Gasteiger partial charge in [0.25, 0.3) is 0 Å². The van der Waals surface area contributed by atoms with Crippen LogP contribution >= 0.6 is 0 Å². The Hall–Kier alpha value is -6.46. The fourth-order valence-corrected chi connectivity index (χ4v) is 7.88. The van der Waals surface area contributed by atoms with Crippen LogP contribution in [0.2, 0.25) is 0 Å². The molecule has 0 aliphatic carbocycles. The van der Waals surface area contributed by atoms with Gasteiger partial charge in [-0.15, -0.1) is 0 Å². The zero-order valence-corrected chi connectivity index (χ0v) is 33.3. The zero-order chi connectivity index (χ0) is 41.2. The number of amides is 4. The molecule has 4 amide bonds. The van der Waals surface area contributed by atoms with Crippen LogP contribution in [0.1, 0.15) is 77.1 Å². The SMILES string of the molecule is COC(=O)NC(C(=O)N1CCCC1c1nc(-c2cnc(-c3cnc4cc(-c5cnc(C6CCCN6C(=O)[C@H](C(C)C)N(C)C(=O)O)[nH]5)ccc4n3)nc2)c[nH]1)C(C)C. The quantitative estimate of drug-likeness (QED) is 0.135. The Morgan fingerprint density at radius 3 is 2.17 bits per heavy atom. The molecule has 304 valence electrons. The first kappa shape index (κ1) is 39.8. The molecular formula is C40H48N12O6. The lowest BCUT2D eigenvalue weighted by atomic mass is 10.0. The molecule has 0 spiro atoms. The van der Waals surface area contributed by atoms with E-state index in [0.717, 1.165) is 41.8 Å². The predicted molar refractivity (Wildman–Crippen MR) is 212 cm³/mol. The first-order valence-corrected chi connectivity index (χ1v) is 19.5. The second-order valence-electron chi connectivity index (χ2n) is 15.4. The largest absolute Gasteiger partial charge is 0.465 e. The van der Waals surface area contributed by atoms with E-state index < -0.39 is 24.3 Å². The summed E-state index contributed by atoms with van der Waals surface area (Å²) in [5.41, 5.74) is 4.72. The van der Waals surface area contributed by atoms with E-state index in [1.807, 2.05) is 45.9 Å². The molecule has 18 heteroatoms. The molecule has 0 radical (unpaired) electrons. The number of rotatable bonds is 11. The van der Waals surface area contributed by atoms with Gasteiger partial charge in [-0.3, -0.25) is 19.5 Å². The number of nitrogens with one attached hydrogen (secondary N) is 3. The third-order valence-electron chi connectivity index (χ3n) is 10.9. The molecule has 7 rings (SSSR count). The van der Waals surface area contributed by atoms with Gasteiger partial charge in [-0.05, 0) is 49.7 Å². The number of hydrogen-bond acceptors (Lipinski definition) is 11. The molecule has 3 unspecified atom stereocenters. The van der Waals surface area contributed by atoms with Gasteiger partial charge >= 0.3 is 12.2 Å². The summed E-state index contributed by atoms with van der Waals surface area (Å²) in [7, 11) is 2.71. The maximum Gasteiger partial charge on any atom is 0.407 e. The van der Waals surface area contributed by atoms with E-state index in [4.69, 9.17) is 14.7 Å². The number of aromatic amines is 2. The predicted octanol–water partition coefficient (Wildman–Crippen LogP) is 5.21. The summed E-state index contributed by atoms with van der Waals surface area (Å²) in [6.45, 7) is 8.54. The number of benzene rings is 1.